The summed E-state index contributed by atoms with van der Waals surface area (Å²) in [5.74, 6) is 0. The Kier molecular flexibility index (Phi) is 1.22. The Bertz CT molecular complexity index is 284. The Labute approximate surface area is 65.2 Å². The van der Waals surface area contributed by atoms with E-state index in [0.29, 0.717) is 0 Å². The monoisotopic (exact) mass is 150 g/mol. The molecule has 2 N–H and O–H groups in total. The minimum absolute atomic E-state index is 1.03. The van der Waals surface area contributed by atoms with E-state index in [2.05, 4.69) is 15.9 Å². The fourth-order valence-electron chi connectivity index (χ4n) is 1.12. The van der Waals surface area contributed by atoms with Crippen LogP contribution >= 0.6 is 0 Å². The Hall–Kier alpha value is -1.29. The van der Waals surface area contributed by atoms with E-state index < -0.39 is 0 Å². The number of anilines is 2. The van der Waals surface area contributed by atoms with Gasteiger partial charge in [-0.05, 0) is 13.0 Å². The van der Waals surface area contributed by atoms with Crippen LogP contribution in [0.1, 0.15) is 5.69 Å². The quantitative estimate of drug-likeness (QED) is 0.570. The van der Waals surface area contributed by atoms with Gasteiger partial charge in [-0.2, -0.15) is 0 Å². The number of aromatic nitrogens is 1. The third-order valence-electron chi connectivity index (χ3n) is 1.74. The van der Waals surface area contributed by atoms with Gasteiger partial charge < -0.3 is 5.43 Å². The first kappa shape index (κ1) is 6.42. The van der Waals surface area contributed by atoms with E-state index in [4.69, 9.17) is 0 Å². The maximum Gasteiger partial charge on any atom is 0.0937 e. The van der Waals surface area contributed by atoms with Crippen LogP contribution in [0.2, 0.25) is 0 Å². The molecule has 0 saturated heterocycles. The van der Waals surface area contributed by atoms with E-state index in [1.807, 2.05) is 31.2 Å². The van der Waals surface area contributed by atoms with E-state index in [1.54, 1.807) is 0 Å². The summed E-state index contributed by atoms with van der Waals surface area (Å²) in [6.07, 6.45) is 1.82. The molecule has 2 heterocycles. The number of hydrogen-bond donors (Lipinski definition) is 2. The van der Waals surface area contributed by atoms with Gasteiger partial charge in [-0.1, -0.05) is 0 Å². The van der Waals surface area contributed by atoms with Gasteiger partial charge in [0.15, 0.2) is 0 Å². The van der Waals surface area contributed by atoms with E-state index in [1.165, 1.54) is 0 Å². The molecule has 1 aromatic heterocycles. The van der Waals surface area contributed by atoms with Gasteiger partial charge in [0, 0.05) is 12.7 Å². The molecule has 0 spiro atoms. The molecule has 4 nitrogen and oxygen atoms in total. The predicted octanol–water partition coefficient (Wildman–Crippen LogP) is 0.671. The zero-order valence-electron chi connectivity index (χ0n) is 6.55. The van der Waals surface area contributed by atoms with Crippen LogP contribution < -0.4 is 16.0 Å². The van der Waals surface area contributed by atoms with Crippen molar-refractivity contribution in [2.75, 3.05) is 17.5 Å². The van der Waals surface area contributed by atoms with Crippen molar-refractivity contribution in [3.8, 4) is 0 Å². The number of pyridine rings is 1. The van der Waals surface area contributed by atoms with Crippen LogP contribution in [0, 0.1) is 6.92 Å². The highest BCUT2D eigenvalue weighted by Crippen LogP contribution is 2.26. The highest BCUT2D eigenvalue weighted by atomic mass is 15.7. The second-order valence-electron chi connectivity index (χ2n) is 2.64. The summed E-state index contributed by atoms with van der Waals surface area (Å²) in [7, 11) is 1.96. The molecule has 0 unspecified atom stereocenters. The zero-order valence-corrected chi connectivity index (χ0v) is 6.55. The summed E-state index contributed by atoms with van der Waals surface area (Å²) < 4.78 is 0. The highest BCUT2D eigenvalue weighted by Gasteiger charge is 2.13. The lowest BCUT2D eigenvalue weighted by molar-refractivity contribution is 0.820. The van der Waals surface area contributed by atoms with Crippen LogP contribution in [0.15, 0.2) is 12.3 Å². The van der Waals surface area contributed by atoms with Crippen LogP contribution in [-0.4, -0.2) is 12.0 Å². The number of nitrogens with one attached hydrogen (secondary N) is 2. The first-order valence-electron chi connectivity index (χ1n) is 3.49. The van der Waals surface area contributed by atoms with Gasteiger partial charge in [0.2, 0.25) is 0 Å². The van der Waals surface area contributed by atoms with Crippen molar-refractivity contribution in [2.45, 2.75) is 6.92 Å². The predicted molar refractivity (Wildman–Crippen MR) is 44.1 cm³/mol. The topological polar surface area (TPSA) is 40.2 Å². The molecule has 0 radical (unpaired) electrons. The molecule has 0 aromatic carbocycles. The molecular formula is C7H10N4. The molecule has 0 fully saturated rings. The van der Waals surface area contributed by atoms with Gasteiger partial charge in [0.1, 0.15) is 0 Å². The molecular weight excluding hydrogens is 140 g/mol. The van der Waals surface area contributed by atoms with Crippen LogP contribution in [0.5, 0.6) is 0 Å². The molecule has 1 aromatic rings. The molecule has 0 saturated carbocycles. The maximum atomic E-state index is 4.16. The van der Waals surface area contributed by atoms with Crippen LogP contribution in [0.3, 0.4) is 0 Å². The lowest BCUT2D eigenvalue weighted by atomic mass is 10.3. The molecule has 0 atom stereocenters. The lowest BCUT2D eigenvalue weighted by Crippen LogP contribution is -2.31. The van der Waals surface area contributed by atoms with Crippen molar-refractivity contribution in [2.24, 2.45) is 0 Å². The van der Waals surface area contributed by atoms with E-state index >= 15 is 0 Å². The van der Waals surface area contributed by atoms with Gasteiger partial charge in [-0.3, -0.25) is 9.99 Å². The summed E-state index contributed by atoms with van der Waals surface area (Å²) >= 11 is 0. The zero-order chi connectivity index (χ0) is 7.84. The maximum absolute atomic E-state index is 4.16. The largest absolute Gasteiger partial charge is 0.300 e. The Morgan fingerprint density at radius 3 is 3.18 bits per heavy atom. The van der Waals surface area contributed by atoms with Gasteiger partial charge >= 0.3 is 0 Å². The SMILES string of the molecule is Cc1cc2c(cn1)NNN2C. The molecule has 0 amide bonds. The van der Waals surface area contributed by atoms with Crippen LogP contribution in [0.25, 0.3) is 0 Å². The van der Waals surface area contributed by atoms with Gasteiger partial charge in [0.25, 0.3) is 0 Å². The normalized spacial score (nSPS) is 14.5. The summed E-state index contributed by atoms with van der Waals surface area (Å²) in [5, 5.41) is 1.92. The Morgan fingerprint density at radius 1 is 1.55 bits per heavy atom. The Morgan fingerprint density at radius 2 is 2.36 bits per heavy atom. The first-order valence-corrected chi connectivity index (χ1v) is 3.49. The smallest absolute Gasteiger partial charge is 0.0937 e. The minimum Gasteiger partial charge on any atom is -0.300 e. The molecule has 4 heteroatoms. The Balaban J connectivity index is 2.52. The lowest BCUT2D eigenvalue weighted by Gasteiger charge is -2.09. The molecule has 0 bridgehead atoms. The number of aryl methyl sites for hydroxylation is 1. The number of fused-ring (bicyclic) bond motifs is 1. The average molecular weight is 150 g/mol. The average Bonchev–Trinajstić information content (AvgIpc) is 2.33. The third kappa shape index (κ3) is 0.914. The van der Waals surface area contributed by atoms with Crippen molar-refractivity contribution in [1.29, 1.82) is 0 Å². The van der Waals surface area contributed by atoms with E-state index in [0.717, 1.165) is 17.1 Å². The van der Waals surface area contributed by atoms with Gasteiger partial charge in [0.05, 0.1) is 17.6 Å². The molecule has 1 aliphatic heterocycles. The van der Waals surface area contributed by atoms with E-state index in [9.17, 15) is 0 Å². The van der Waals surface area contributed by atoms with Gasteiger partial charge in [-0.25, -0.2) is 0 Å². The number of rotatable bonds is 0. The fraction of sp³-hybridized carbons (Fsp3) is 0.286. The van der Waals surface area contributed by atoms with Crippen molar-refractivity contribution in [1.82, 2.24) is 10.5 Å². The highest BCUT2D eigenvalue weighted by molar-refractivity contribution is 5.71. The molecule has 11 heavy (non-hydrogen) atoms. The van der Waals surface area contributed by atoms with Crippen molar-refractivity contribution >= 4 is 11.4 Å². The molecule has 58 valence electrons. The third-order valence-corrected chi connectivity index (χ3v) is 1.74. The van der Waals surface area contributed by atoms with Gasteiger partial charge in [-0.15, -0.1) is 5.53 Å². The summed E-state index contributed by atoms with van der Waals surface area (Å²) in [6.45, 7) is 1.98. The van der Waals surface area contributed by atoms with E-state index in [-0.39, 0.29) is 0 Å². The first-order chi connectivity index (χ1) is 5.27. The molecule has 1 aliphatic rings. The number of hydrogen-bond acceptors (Lipinski definition) is 4. The summed E-state index contributed by atoms with van der Waals surface area (Å²) in [4.78, 5) is 4.16. The van der Waals surface area contributed by atoms with Crippen LogP contribution in [0.4, 0.5) is 11.4 Å². The second-order valence-corrected chi connectivity index (χ2v) is 2.64. The van der Waals surface area contributed by atoms with Crippen molar-refractivity contribution in [3.63, 3.8) is 0 Å². The second kappa shape index (κ2) is 2.10. The fourth-order valence-corrected chi connectivity index (χ4v) is 1.12. The molecule has 2 rings (SSSR count). The van der Waals surface area contributed by atoms with Crippen molar-refractivity contribution < 1.29 is 0 Å². The summed E-state index contributed by atoms with van der Waals surface area (Å²) in [5.41, 5.74) is 9.14. The number of hydrazine groups is 2. The van der Waals surface area contributed by atoms with Crippen molar-refractivity contribution in [3.05, 3.63) is 18.0 Å². The number of nitrogens with zero attached hydrogens (tertiary/aromatic N) is 2. The minimum atomic E-state index is 1.03. The summed E-state index contributed by atoms with van der Waals surface area (Å²) in [6, 6.07) is 2.03. The standard InChI is InChI=1S/C7H10N4/c1-5-3-7-6(4-8-5)9-10-11(7)2/h3-4,9-10H,1-2H3. The molecule has 0 aliphatic carbocycles. The van der Waals surface area contributed by atoms with Crippen LogP contribution in [-0.2, 0) is 0 Å².